The Morgan fingerprint density at radius 3 is 2.62 bits per heavy atom. The molecule has 2 rings (SSSR count). The molecule has 1 aromatic rings. The summed E-state index contributed by atoms with van der Waals surface area (Å²) in [6.45, 7) is 3.43. The molecule has 1 fully saturated rings. The lowest BCUT2D eigenvalue weighted by Gasteiger charge is -2.27. The van der Waals surface area contributed by atoms with Crippen molar-refractivity contribution in [2.24, 2.45) is 5.73 Å². The number of thioether (sulfide) groups is 1. The molecule has 0 aromatic heterocycles. The molecule has 8 heteroatoms. The number of anilines is 1. The first-order valence-electron chi connectivity index (χ1n) is 7.63. The molecule has 1 aliphatic heterocycles. The fraction of sp³-hybridized carbons (Fsp3) is 0.562. The first-order valence-corrected chi connectivity index (χ1v) is 8.79. The van der Waals surface area contributed by atoms with Crippen molar-refractivity contribution >= 4 is 48.2 Å². The summed E-state index contributed by atoms with van der Waals surface area (Å²) in [5.41, 5.74) is 7.61. The van der Waals surface area contributed by atoms with Crippen LogP contribution in [0, 0.1) is 0 Å². The normalized spacial score (nSPS) is 15.8. The standard InChI is InChI=1S/C16H25N3O2S.2ClH/c1-21-14(11-17)10-16(20)18-15-5-3-2-4-13(15)12-19-6-8-22-9-7-19;;/h2-5,14H,6-12,17H2,1H3,(H,18,20);2*1H. The van der Waals surface area contributed by atoms with Crippen molar-refractivity contribution in [3.63, 3.8) is 0 Å². The fourth-order valence-electron chi connectivity index (χ4n) is 2.45. The lowest BCUT2D eigenvalue weighted by atomic mass is 10.1. The van der Waals surface area contributed by atoms with E-state index in [9.17, 15) is 4.79 Å². The molecule has 1 heterocycles. The number of halogens is 2. The van der Waals surface area contributed by atoms with Gasteiger partial charge < -0.3 is 15.8 Å². The molecule has 0 bridgehead atoms. The molecule has 138 valence electrons. The van der Waals surface area contributed by atoms with Crippen LogP contribution in [0.15, 0.2) is 24.3 Å². The smallest absolute Gasteiger partial charge is 0.227 e. The van der Waals surface area contributed by atoms with E-state index in [1.165, 1.54) is 11.5 Å². The highest BCUT2D eigenvalue weighted by molar-refractivity contribution is 7.99. The van der Waals surface area contributed by atoms with Crippen LogP contribution in [-0.4, -0.2) is 55.2 Å². The Kier molecular flexibility index (Phi) is 12.5. The zero-order valence-electron chi connectivity index (χ0n) is 13.9. The van der Waals surface area contributed by atoms with Crippen molar-refractivity contribution in [3.05, 3.63) is 29.8 Å². The highest BCUT2D eigenvalue weighted by Crippen LogP contribution is 2.20. The zero-order chi connectivity index (χ0) is 15.8. The van der Waals surface area contributed by atoms with Crippen LogP contribution in [0.5, 0.6) is 0 Å². The number of nitrogens with two attached hydrogens (primary N) is 1. The number of carbonyl (C=O) groups excluding carboxylic acids is 1. The van der Waals surface area contributed by atoms with Crippen molar-refractivity contribution in [2.45, 2.75) is 19.1 Å². The van der Waals surface area contributed by atoms with Gasteiger partial charge in [0, 0.05) is 50.5 Å². The predicted molar refractivity (Wildman–Crippen MR) is 107 cm³/mol. The van der Waals surface area contributed by atoms with Crippen LogP contribution < -0.4 is 11.1 Å². The third-order valence-electron chi connectivity index (χ3n) is 3.80. The molecule has 0 spiro atoms. The van der Waals surface area contributed by atoms with Crippen LogP contribution in [0.1, 0.15) is 12.0 Å². The summed E-state index contributed by atoms with van der Waals surface area (Å²) in [7, 11) is 1.58. The highest BCUT2D eigenvalue weighted by Gasteiger charge is 2.15. The number of benzene rings is 1. The van der Waals surface area contributed by atoms with Gasteiger partial charge in [-0.05, 0) is 11.6 Å². The quantitative estimate of drug-likeness (QED) is 0.741. The molecule has 1 unspecified atom stereocenters. The van der Waals surface area contributed by atoms with Crippen molar-refractivity contribution < 1.29 is 9.53 Å². The average Bonchev–Trinajstić information content (AvgIpc) is 2.55. The van der Waals surface area contributed by atoms with Gasteiger partial charge in [-0.2, -0.15) is 11.8 Å². The topological polar surface area (TPSA) is 67.6 Å². The van der Waals surface area contributed by atoms with E-state index in [1.54, 1.807) is 7.11 Å². The third kappa shape index (κ3) is 7.59. The number of hydrogen-bond acceptors (Lipinski definition) is 5. The first kappa shape index (κ1) is 23.5. The molecule has 3 N–H and O–H groups in total. The molecule has 0 saturated carbocycles. The summed E-state index contributed by atoms with van der Waals surface area (Å²) >= 11 is 2.00. The van der Waals surface area contributed by atoms with Gasteiger partial charge in [0.2, 0.25) is 5.91 Å². The summed E-state index contributed by atoms with van der Waals surface area (Å²) < 4.78 is 5.16. The second-order valence-corrected chi connectivity index (χ2v) is 6.62. The molecule has 1 saturated heterocycles. The van der Waals surface area contributed by atoms with Gasteiger partial charge in [0.05, 0.1) is 12.5 Å². The summed E-state index contributed by atoms with van der Waals surface area (Å²) in [4.78, 5) is 14.6. The number of rotatable bonds is 7. The van der Waals surface area contributed by atoms with Crippen LogP contribution in [0.2, 0.25) is 0 Å². The lowest BCUT2D eigenvalue weighted by molar-refractivity contribution is -0.118. The van der Waals surface area contributed by atoms with Crippen molar-refractivity contribution in [3.8, 4) is 0 Å². The number of carbonyl (C=O) groups is 1. The number of methoxy groups -OCH3 is 1. The summed E-state index contributed by atoms with van der Waals surface area (Å²) in [6, 6.07) is 7.99. The zero-order valence-corrected chi connectivity index (χ0v) is 16.4. The van der Waals surface area contributed by atoms with Crippen molar-refractivity contribution in [1.82, 2.24) is 4.90 Å². The summed E-state index contributed by atoms with van der Waals surface area (Å²) in [5, 5.41) is 2.99. The molecule has 1 amide bonds. The van der Waals surface area contributed by atoms with Gasteiger partial charge in [-0.25, -0.2) is 0 Å². The maximum Gasteiger partial charge on any atom is 0.227 e. The molecule has 0 radical (unpaired) electrons. The van der Waals surface area contributed by atoms with Crippen LogP contribution >= 0.6 is 36.6 Å². The summed E-state index contributed by atoms with van der Waals surface area (Å²) in [6.07, 6.45) is 0.0492. The molecule has 1 aromatic carbocycles. The molecule has 24 heavy (non-hydrogen) atoms. The Hall–Kier alpha value is -0.500. The Morgan fingerprint density at radius 2 is 2.00 bits per heavy atom. The van der Waals surface area contributed by atoms with E-state index in [1.807, 2.05) is 30.0 Å². The van der Waals surface area contributed by atoms with E-state index < -0.39 is 0 Å². The molecule has 5 nitrogen and oxygen atoms in total. The van der Waals surface area contributed by atoms with E-state index in [0.29, 0.717) is 6.54 Å². The predicted octanol–water partition coefficient (Wildman–Crippen LogP) is 2.38. The van der Waals surface area contributed by atoms with Gasteiger partial charge in [0.1, 0.15) is 0 Å². The first-order chi connectivity index (χ1) is 10.7. The Labute approximate surface area is 160 Å². The van der Waals surface area contributed by atoms with E-state index in [0.717, 1.165) is 30.9 Å². The number of nitrogens with one attached hydrogen (secondary N) is 1. The minimum absolute atomic E-state index is 0. The maximum atomic E-state index is 12.1. The highest BCUT2D eigenvalue weighted by atomic mass is 35.5. The Bertz CT molecular complexity index is 484. The Morgan fingerprint density at radius 1 is 1.33 bits per heavy atom. The number of hydrogen-bond donors (Lipinski definition) is 2. The second kappa shape index (κ2) is 12.8. The van der Waals surface area contributed by atoms with Crippen LogP contribution in [0.3, 0.4) is 0 Å². The number of ether oxygens (including phenoxy) is 1. The Balaban J connectivity index is 0.00000264. The molecule has 1 atom stereocenters. The van der Waals surface area contributed by atoms with Crippen molar-refractivity contribution in [2.75, 3.05) is 43.6 Å². The number of para-hydroxylation sites is 1. The largest absolute Gasteiger partial charge is 0.380 e. The average molecular weight is 396 g/mol. The molecular formula is C16H27Cl2N3O2S. The monoisotopic (exact) mass is 395 g/mol. The van der Waals surface area contributed by atoms with Gasteiger partial charge in [-0.1, -0.05) is 18.2 Å². The van der Waals surface area contributed by atoms with E-state index in [-0.39, 0.29) is 43.2 Å². The van der Waals surface area contributed by atoms with Crippen molar-refractivity contribution in [1.29, 1.82) is 0 Å². The SMILES string of the molecule is COC(CN)CC(=O)Nc1ccccc1CN1CCSCC1.Cl.Cl. The minimum Gasteiger partial charge on any atom is -0.380 e. The van der Waals surface area contributed by atoms with Crippen LogP contribution in [0.4, 0.5) is 5.69 Å². The van der Waals surface area contributed by atoms with Crippen LogP contribution in [0.25, 0.3) is 0 Å². The van der Waals surface area contributed by atoms with E-state index in [2.05, 4.69) is 16.3 Å². The molecule has 1 aliphatic rings. The maximum absolute atomic E-state index is 12.1. The second-order valence-electron chi connectivity index (χ2n) is 5.39. The van der Waals surface area contributed by atoms with Gasteiger partial charge >= 0.3 is 0 Å². The summed E-state index contributed by atoms with van der Waals surface area (Å²) in [5.74, 6) is 2.31. The van der Waals surface area contributed by atoms with Gasteiger partial charge in [0.15, 0.2) is 0 Å². The van der Waals surface area contributed by atoms with Crippen LogP contribution in [-0.2, 0) is 16.1 Å². The molecule has 0 aliphatic carbocycles. The fourth-order valence-corrected chi connectivity index (χ4v) is 3.43. The van der Waals surface area contributed by atoms with E-state index in [4.69, 9.17) is 10.5 Å². The van der Waals surface area contributed by atoms with Gasteiger partial charge in [-0.3, -0.25) is 9.69 Å². The molecular weight excluding hydrogens is 369 g/mol. The lowest BCUT2D eigenvalue weighted by Crippen LogP contribution is -2.32. The van der Waals surface area contributed by atoms with Gasteiger partial charge in [-0.15, -0.1) is 24.8 Å². The van der Waals surface area contributed by atoms with E-state index >= 15 is 0 Å². The van der Waals surface area contributed by atoms with Gasteiger partial charge in [0.25, 0.3) is 0 Å². The third-order valence-corrected chi connectivity index (χ3v) is 4.74. The minimum atomic E-state index is -0.230. The number of amides is 1. The number of nitrogens with zero attached hydrogens (tertiary/aromatic N) is 1.